The lowest BCUT2D eigenvalue weighted by Crippen LogP contribution is -2.20. The second-order valence-corrected chi connectivity index (χ2v) is 5.09. The quantitative estimate of drug-likeness (QED) is 0.897. The van der Waals surface area contributed by atoms with Crippen LogP contribution in [0.15, 0.2) is 18.2 Å². The van der Waals surface area contributed by atoms with Crippen molar-refractivity contribution in [2.24, 2.45) is 5.73 Å². The molecule has 0 aliphatic carbocycles. The Morgan fingerprint density at radius 3 is 2.83 bits per heavy atom. The van der Waals surface area contributed by atoms with Crippen LogP contribution in [0.4, 0.5) is 0 Å². The van der Waals surface area contributed by atoms with Crippen molar-refractivity contribution in [3.63, 3.8) is 0 Å². The molecule has 1 aromatic heterocycles. The molecule has 0 radical (unpaired) electrons. The molecule has 0 amide bonds. The van der Waals surface area contributed by atoms with Crippen LogP contribution >= 0.6 is 11.6 Å². The standard InChI is InChI=1S/C13H19ClN4/c1-17(2)7-8-18-12-4-3-10(14)9-11(12)16-13(18)5-6-15/h3-4,9H,5-8,15H2,1-2H3. The van der Waals surface area contributed by atoms with Gasteiger partial charge in [-0.25, -0.2) is 4.98 Å². The fourth-order valence-corrected chi connectivity index (χ4v) is 2.19. The minimum atomic E-state index is 0.610. The fourth-order valence-electron chi connectivity index (χ4n) is 2.02. The summed E-state index contributed by atoms with van der Waals surface area (Å²) < 4.78 is 2.23. The minimum Gasteiger partial charge on any atom is -0.330 e. The van der Waals surface area contributed by atoms with Gasteiger partial charge in [-0.1, -0.05) is 11.6 Å². The van der Waals surface area contributed by atoms with Crippen LogP contribution in [-0.2, 0) is 13.0 Å². The second-order valence-electron chi connectivity index (χ2n) is 4.65. The summed E-state index contributed by atoms with van der Waals surface area (Å²) in [5.41, 5.74) is 7.73. The first-order chi connectivity index (χ1) is 8.61. The molecule has 18 heavy (non-hydrogen) atoms. The van der Waals surface area contributed by atoms with E-state index in [1.54, 1.807) is 0 Å². The molecule has 4 nitrogen and oxygen atoms in total. The van der Waals surface area contributed by atoms with Gasteiger partial charge in [-0.15, -0.1) is 0 Å². The zero-order chi connectivity index (χ0) is 13.1. The average molecular weight is 267 g/mol. The molecule has 98 valence electrons. The van der Waals surface area contributed by atoms with Gasteiger partial charge in [-0.2, -0.15) is 0 Å². The molecule has 0 bridgehead atoms. The molecule has 2 rings (SSSR count). The van der Waals surface area contributed by atoms with Gasteiger partial charge in [-0.3, -0.25) is 0 Å². The van der Waals surface area contributed by atoms with E-state index in [2.05, 4.69) is 28.5 Å². The van der Waals surface area contributed by atoms with Gasteiger partial charge in [0, 0.05) is 24.5 Å². The summed E-state index contributed by atoms with van der Waals surface area (Å²) in [6.45, 7) is 2.51. The number of nitrogens with zero attached hydrogens (tertiary/aromatic N) is 3. The topological polar surface area (TPSA) is 47.1 Å². The summed E-state index contributed by atoms with van der Waals surface area (Å²) >= 11 is 6.00. The van der Waals surface area contributed by atoms with E-state index >= 15 is 0 Å². The Morgan fingerprint density at radius 2 is 2.17 bits per heavy atom. The summed E-state index contributed by atoms with van der Waals surface area (Å²) in [7, 11) is 4.14. The molecule has 1 aromatic carbocycles. The van der Waals surface area contributed by atoms with Crippen LogP contribution in [0.5, 0.6) is 0 Å². The number of fused-ring (bicyclic) bond motifs is 1. The lowest BCUT2D eigenvalue weighted by molar-refractivity contribution is 0.383. The first-order valence-corrected chi connectivity index (χ1v) is 6.49. The summed E-state index contributed by atoms with van der Waals surface area (Å²) in [6.07, 6.45) is 0.791. The van der Waals surface area contributed by atoms with Crippen molar-refractivity contribution in [2.75, 3.05) is 27.2 Å². The van der Waals surface area contributed by atoms with Crippen molar-refractivity contribution in [2.45, 2.75) is 13.0 Å². The van der Waals surface area contributed by atoms with Gasteiger partial charge in [0.05, 0.1) is 11.0 Å². The van der Waals surface area contributed by atoms with Gasteiger partial charge in [0.1, 0.15) is 5.82 Å². The molecule has 0 saturated heterocycles. The highest BCUT2D eigenvalue weighted by Crippen LogP contribution is 2.20. The molecule has 0 aliphatic heterocycles. The third-order valence-corrected chi connectivity index (χ3v) is 3.16. The maximum Gasteiger partial charge on any atom is 0.111 e. The van der Waals surface area contributed by atoms with Crippen molar-refractivity contribution in [3.05, 3.63) is 29.0 Å². The van der Waals surface area contributed by atoms with E-state index in [-0.39, 0.29) is 0 Å². The maximum absolute atomic E-state index is 6.00. The van der Waals surface area contributed by atoms with Gasteiger partial charge in [0.15, 0.2) is 0 Å². The van der Waals surface area contributed by atoms with Gasteiger partial charge in [0.2, 0.25) is 0 Å². The Labute approximate surface area is 112 Å². The van der Waals surface area contributed by atoms with E-state index < -0.39 is 0 Å². The van der Waals surface area contributed by atoms with Gasteiger partial charge in [0.25, 0.3) is 0 Å². The van der Waals surface area contributed by atoms with Crippen LogP contribution < -0.4 is 5.73 Å². The van der Waals surface area contributed by atoms with Crippen LogP contribution in [0.1, 0.15) is 5.82 Å². The predicted octanol–water partition coefficient (Wildman–Crippen LogP) is 1.75. The molecule has 0 atom stereocenters. The number of aromatic nitrogens is 2. The second kappa shape index (κ2) is 5.69. The first-order valence-electron chi connectivity index (χ1n) is 6.11. The first kappa shape index (κ1) is 13.3. The van der Waals surface area contributed by atoms with E-state index in [4.69, 9.17) is 17.3 Å². The molecular formula is C13H19ClN4. The van der Waals surface area contributed by atoms with E-state index in [0.717, 1.165) is 41.4 Å². The van der Waals surface area contributed by atoms with Crippen LogP contribution in [-0.4, -0.2) is 41.6 Å². The average Bonchev–Trinajstić information content (AvgIpc) is 2.63. The van der Waals surface area contributed by atoms with E-state index in [9.17, 15) is 0 Å². The van der Waals surface area contributed by atoms with E-state index in [1.165, 1.54) is 0 Å². The Morgan fingerprint density at radius 1 is 1.39 bits per heavy atom. The molecule has 2 aromatic rings. The molecule has 0 aliphatic rings. The Kier molecular flexibility index (Phi) is 4.22. The summed E-state index contributed by atoms with van der Waals surface area (Å²) in [4.78, 5) is 6.78. The number of hydrogen-bond acceptors (Lipinski definition) is 3. The van der Waals surface area contributed by atoms with E-state index in [1.807, 2.05) is 18.2 Å². The highest BCUT2D eigenvalue weighted by atomic mass is 35.5. The lowest BCUT2D eigenvalue weighted by atomic mass is 10.3. The molecule has 0 fully saturated rings. The molecule has 0 saturated carbocycles. The largest absolute Gasteiger partial charge is 0.330 e. The third kappa shape index (κ3) is 2.83. The van der Waals surface area contributed by atoms with Crippen LogP contribution in [0, 0.1) is 0 Å². The monoisotopic (exact) mass is 266 g/mol. The minimum absolute atomic E-state index is 0.610. The number of halogens is 1. The third-order valence-electron chi connectivity index (χ3n) is 2.93. The van der Waals surface area contributed by atoms with Crippen LogP contribution in [0.2, 0.25) is 5.02 Å². The molecule has 1 heterocycles. The smallest absolute Gasteiger partial charge is 0.111 e. The normalized spacial score (nSPS) is 11.6. The highest BCUT2D eigenvalue weighted by molar-refractivity contribution is 6.31. The van der Waals surface area contributed by atoms with Crippen LogP contribution in [0.25, 0.3) is 11.0 Å². The van der Waals surface area contributed by atoms with E-state index in [0.29, 0.717) is 6.54 Å². The number of hydrogen-bond donors (Lipinski definition) is 1. The lowest BCUT2D eigenvalue weighted by Gasteiger charge is -2.13. The van der Waals surface area contributed by atoms with Crippen molar-refractivity contribution < 1.29 is 0 Å². The van der Waals surface area contributed by atoms with Gasteiger partial charge >= 0.3 is 0 Å². The zero-order valence-electron chi connectivity index (χ0n) is 10.9. The van der Waals surface area contributed by atoms with Crippen molar-refractivity contribution in [3.8, 4) is 0 Å². The van der Waals surface area contributed by atoms with Gasteiger partial charge < -0.3 is 15.2 Å². The number of imidazole rings is 1. The number of nitrogens with two attached hydrogens (primary N) is 1. The SMILES string of the molecule is CN(C)CCn1c(CCN)nc2cc(Cl)ccc21. The summed E-state index contributed by atoms with van der Waals surface area (Å²) in [6, 6.07) is 5.84. The molecule has 2 N–H and O–H groups in total. The summed E-state index contributed by atoms with van der Waals surface area (Å²) in [5, 5.41) is 0.721. The molecule has 0 spiro atoms. The van der Waals surface area contributed by atoms with Gasteiger partial charge in [-0.05, 0) is 38.8 Å². The van der Waals surface area contributed by atoms with Crippen molar-refractivity contribution in [1.82, 2.24) is 14.5 Å². The van der Waals surface area contributed by atoms with Crippen molar-refractivity contribution in [1.29, 1.82) is 0 Å². The van der Waals surface area contributed by atoms with Crippen LogP contribution in [0.3, 0.4) is 0 Å². The predicted molar refractivity (Wildman–Crippen MR) is 76.1 cm³/mol. The Bertz CT molecular complexity index is 533. The molecule has 0 unspecified atom stereocenters. The zero-order valence-corrected chi connectivity index (χ0v) is 11.6. The number of likely N-dealkylation sites (N-methyl/N-ethyl adjacent to an activating group) is 1. The number of rotatable bonds is 5. The Hall–Kier alpha value is -1.10. The molecule has 5 heteroatoms. The molecular weight excluding hydrogens is 248 g/mol. The highest BCUT2D eigenvalue weighted by Gasteiger charge is 2.10. The summed E-state index contributed by atoms with van der Waals surface area (Å²) in [5.74, 6) is 1.04. The Balaban J connectivity index is 2.41. The maximum atomic E-state index is 6.00. The fraction of sp³-hybridized carbons (Fsp3) is 0.462. The van der Waals surface area contributed by atoms with Crippen molar-refractivity contribution >= 4 is 22.6 Å². The number of benzene rings is 1.